The van der Waals surface area contributed by atoms with Gasteiger partial charge in [0.25, 0.3) is 0 Å². The molecule has 0 radical (unpaired) electrons. The van der Waals surface area contributed by atoms with Gasteiger partial charge in [0.05, 0.1) is 12.3 Å². The van der Waals surface area contributed by atoms with Gasteiger partial charge in [-0.05, 0) is 18.6 Å². The maximum absolute atomic E-state index is 5.76. The normalized spacial score (nSPS) is 9.83. The molecule has 0 atom stereocenters. The predicted molar refractivity (Wildman–Crippen MR) is 51.7 cm³/mol. The lowest BCUT2D eigenvalue weighted by molar-refractivity contribution is 0.319. The van der Waals surface area contributed by atoms with Gasteiger partial charge in [0, 0.05) is 11.1 Å². The lowest BCUT2D eigenvalue weighted by atomic mass is 10.3. The van der Waals surface area contributed by atoms with E-state index in [-0.39, 0.29) is 0 Å². The summed E-state index contributed by atoms with van der Waals surface area (Å²) in [6.45, 7) is 2.71. The van der Waals surface area contributed by atoms with E-state index in [1.165, 1.54) is 0 Å². The fourth-order valence-corrected chi connectivity index (χ4v) is 1.01. The monoisotopic (exact) mass is 185 g/mol. The molecule has 12 heavy (non-hydrogen) atoms. The molecule has 0 saturated carbocycles. The van der Waals surface area contributed by atoms with Crippen molar-refractivity contribution in [2.24, 2.45) is 0 Å². The Morgan fingerprint density at radius 2 is 2.25 bits per heavy atom. The zero-order chi connectivity index (χ0) is 8.97. The SMILES string of the molecule is CCCOc1cc(Cl)ccc1N. The van der Waals surface area contributed by atoms with Gasteiger partial charge in [-0.3, -0.25) is 0 Å². The van der Waals surface area contributed by atoms with Crippen LogP contribution in [-0.4, -0.2) is 6.61 Å². The highest BCUT2D eigenvalue weighted by Gasteiger charge is 1.99. The Hall–Kier alpha value is -0.890. The van der Waals surface area contributed by atoms with Crippen molar-refractivity contribution in [2.45, 2.75) is 13.3 Å². The van der Waals surface area contributed by atoms with E-state index in [2.05, 4.69) is 0 Å². The van der Waals surface area contributed by atoms with Crippen molar-refractivity contribution in [3.05, 3.63) is 23.2 Å². The summed E-state index contributed by atoms with van der Waals surface area (Å²) in [5.41, 5.74) is 6.28. The zero-order valence-electron chi connectivity index (χ0n) is 7.01. The molecule has 1 aromatic rings. The van der Waals surface area contributed by atoms with Crippen LogP contribution >= 0.6 is 11.6 Å². The van der Waals surface area contributed by atoms with Crippen LogP contribution in [0.25, 0.3) is 0 Å². The van der Waals surface area contributed by atoms with Crippen LogP contribution in [0.2, 0.25) is 5.02 Å². The Morgan fingerprint density at radius 1 is 1.50 bits per heavy atom. The van der Waals surface area contributed by atoms with Gasteiger partial charge in [-0.2, -0.15) is 0 Å². The van der Waals surface area contributed by atoms with Crippen molar-refractivity contribution in [2.75, 3.05) is 12.3 Å². The maximum atomic E-state index is 5.76. The summed E-state index contributed by atoms with van der Waals surface area (Å²) in [6, 6.07) is 5.22. The van der Waals surface area contributed by atoms with E-state index in [0.717, 1.165) is 6.42 Å². The molecule has 0 saturated heterocycles. The van der Waals surface area contributed by atoms with Crippen LogP contribution in [0.3, 0.4) is 0 Å². The lowest BCUT2D eigenvalue weighted by Gasteiger charge is -2.07. The maximum Gasteiger partial charge on any atom is 0.143 e. The zero-order valence-corrected chi connectivity index (χ0v) is 7.77. The molecule has 0 unspecified atom stereocenters. The van der Waals surface area contributed by atoms with E-state index in [1.807, 2.05) is 6.92 Å². The second-order valence-corrected chi connectivity index (χ2v) is 2.97. The Bertz CT molecular complexity index is 263. The standard InChI is InChI=1S/C9H12ClNO/c1-2-5-12-9-6-7(10)3-4-8(9)11/h3-4,6H,2,5,11H2,1H3. The highest BCUT2D eigenvalue weighted by Crippen LogP contribution is 2.25. The van der Waals surface area contributed by atoms with E-state index in [4.69, 9.17) is 22.1 Å². The third-order valence-electron chi connectivity index (χ3n) is 1.44. The van der Waals surface area contributed by atoms with E-state index >= 15 is 0 Å². The van der Waals surface area contributed by atoms with Crippen LogP contribution in [0, 0.1) is 0 Å². The van der Waals surface area contributed by atoms with E-state index < -0.39 is 0 Å². The predicted octanol–water partition coefficient (Wildman–Crippen LogP) is 2.71. The second-order valence-electron chi connectivity index (χ2n) is 2.53. The first-order valence-corrected chi connectivity index (χ1v) is 4.29. The topological polar surface area (TPSA) is 35.2 Å². The summed E-state index contributed by atoms with van der Waals surface area (Å²) >= 11 is 5.76. The summed E-state index contributed by atoms with van der Waals surface area (Å²) < 4.78 is 5.36. The quantitative estimate of drug-likeness (QED) is 0.735. The van der Waals surface area contributed by atoms with Crippen LogP contribution in [0.15, 0.2) is 18.2 Å². The van der Waals surface area contributed by atoms with Gasteiger partial charge >= 0.3 is 0 Å². The molecule has 0 aliphatic rings. The molecule has 0 heterocycles. The van der Waals surface area contributed by atoms with Gasteiger partial charge in [-0.25, -0.2) is 0 Å². The number of halogens is 1. The molecule has 1 aromatic carbocycles. The first kappa shape index (κ1) is 9.20. The second kappa shape index (κ2) is 4.21. The van der Waals surface area contributed by atoms with Crippen LogP contribution < -0.4 is 10.5 Å². The Labute approximate surface area is 77.3 Å². The van der Waals surface area contributed by atoms with Gasteiger partial charge in [-0.1, -0.05) is 18.5 Å². The van der Waals surface area contributed by atoms with Gasteiger partial charge in [0.15, 0.2) is 0 Å². The Kier molecular flexibility index (Phi) is 3.23. The van der Waals surface area contributed by atoms with Crippen molar-refractivity contribution < 1.29 is 4.74 Å². The summed E-state index contributed by atoms with van der Waals surface area (Å²) in [5.74, 6) is 0.671. The molecule has 2 N–H and O–H groups in total. The molecule has 0 bridgehead atoms. The van der Waals surface area contributed by atoms with E-state index in [1.54, 1.807) is 18.2 Å². The minimum atomic E-state index is 0.632. The minimum Gasteiger partial charge on any atom is -0.491 e. The summed E-state index contributed by atoms with van der Waals surface area (Å²) in [4.78, 5) is 0. The number of nitrogens with two attached hydrogens (primary N) is 1. The average Bonchev–Trinajstić information content (AvgIpc) is 2.07. The number of hydrogen-bond acceptors (Lipinski definition) is 2. The fraction of sp³-hybridized carbons (Fsp3) is 0.333. The van der Waals surface area contributed by atoms with Gasteiger partial charge in [0.1, 0.15) is 5.75 Å². The lowest BCUT2D eigenvalue weighted by Crippen LogP contribution is -1.98. The molecular weight excluding hydrogens is 174 g/mol. The van der Waals surface area contributed by atoms with E-state index in [0.29, 0.717) is 23.1 Å². The largest absolute Gasteiger partial charge is 0.491 e. The molecule has 0 spiro atoms. The Morgan fingerprint density at radius 3 is 2.92 bits per heavy atom. The van der Waals surface area contributed by atoms with E-state index in [9.17, 15) is 0 Å². The van der Waals surface area contributed by atoms with Gasteiger partial charge in [-0.15, -0.1) is 0 Å². The molecule has 0 fully saturated rings. The third kappa shape index (κ3) is 2.31. The third-order valence-corrected chi connectivity index (χ3v) is 1.67. The van der Waals surface area contributed by atoms with Gasteiger partial charge in [0.2, 0.25) is 0 Å². The van der Waals surface area contributed by atoms with Crippen molar-refractivity contribution in [1.29, 1.82) is 0 Å². The molecule has 0 aliphatic carbocycles. The van der Waals surface area contributed by atoms with Gasteiger partial charge < -0.3 is 10.5 Å². The molecule has 66 valence electrons. The molecule has 0 aliphatic heterocycles. The molecule has 2 nitrogen and oxygen atoms in total. The summed E-state index contributed by atoms with van der Waals surface area (Å²) in [5, 5.41) is 0.648. The number of hydrogen-bond donors (Lipinski definition) is 1. The van der Waals surface area contributed by atoms with Crippen molar-refractivity contribution >= 4 is 17.3 Å². The smallest absolute Gasteiger partial charge is 0.143 e. The fourth-order valence-electron chi connectivity index (χ4n) is 0.845. The highest BCUT2D eigenvalue weighted by atomic mass is 35.5. The highest BCUT2D eigenvalue weighted by molar-refractivity contribution is 6.30. The number of nitrogen functional groups attached to an aromatic ring is 1. The molecule has 0 aromatic heterocycles. The van der Waals surface area contributed by atoms with Crippen molar-refractivity contribution in [1.82, 2.24) is 0 Å². The van der Waals surface area contributed by atoms with Crippen LogP contribution in [0.5, 0.6) is 5.75 Å². The number of anilines is 1. The van der Waals surface area contributed by atoms with Crippen LogP contribution in [0.4, 0.5) is 5.69 Å². The molecule has 1 rings (SSSR count). The Balaban J connectivity index is 2.75. The number of rotatable bonds is 3. The van der Waals surface area contributed by atoms with Crippen molar-refractivity contribution in [3.63, 3.8) is 0 Å². The van der Waals surface area contributed by atoms with Crippen molar-refractivity contribution in [3.8, 4) is 5.75 Å². The first-order valence-electron chi connectivity index (χ1n) is 3.92. The summed E-state index contributed by atoms with van der Waals surface area (Å²) in [7, 11) is 0. The van der Waals surface area contributed by atoms with Crippen LogP contribution in [0.1, 0.15) is 13.3 Å². The number of ether oxygens (including phenoxy) is 1. The first-order chi connectivity index (χ1) is 5.74. The summed E-state index contributed by atoms with van der Waals surface area (Å²) in [6.07, 6.45) is 0.964. The average molecular weight is 186 g/mol. The molecular formula is C9H12ClNO. The van der Waals surface area contributed by atoms with Crippen LogP contribution in [-0.2, 0) is 0 Å². The molecule has 3 heteroatoms. The number of benzene rings is 1. The minimum absolute atomic E-state index is 0.632. The molecule has 0 amide bonds.